The number of nitroso groups, excluding NO2 is 1. The number of nitrogens with zero attached hydrogens (tertiary/aromatic N) is 3. The summed E-state index contributed by atoms with van der Waals surface area (Å²) < 4.78 is 0.793. The highest BCUT2D eigenvalue weighted by molar-refractivity contribution is 5.93. The maximum absolute atomic E-state index is 11.7. The molecule has 1 saturated heterocycles. The van der Waals surface area contributed by atoms with Crippen LogP contribution in [0.3, 0.4) is 0 Å². The van der Waals surface area contributed by atoms with Gasteiger partial charge in [0, 0.05) is 47.6 Å². The molecule has 1 aromatic rings. The maximum Gasteiger partial charge on any atom is 0.324 e. The Hall–Kier alpha value is -1.91. The molecule has 0 spiro atoms. The molecule has 5 nitrogen and oxygen atoms in total. The predicted octanol–water partition coefficient (Wildman–Crippen LogP) is 1.60. The Kier molecular flexibility index (Phi) is 2.60. The van der Waals surface area contributed by atoms with Crippen molar-refractivity contribution in [3.8, 4) is 0 Å². The third-order valence-corrected chi connectivity index (χ3v) is 2.74. The molecule has 0 unspecified atom stereocenters. The van der Waals surface area contributed by atoms with Crippen molar-refractivity contribution in [1.82, 2.24) is 4.90 Å². The van der Waals surface area contributed by atoms with Gasteiger partial charge in [-0.3, -0.25) is 4.90 Å². The van der Waals surface area contributed by atoms with E-state index in [1.165, 1.54) is 7.05 Å². The first-order valence-electron chi connectivity index (χ1n) is 5.13. The maximum atomic E-state index is 11.7. The van der Waals surface area contributed by atoms with Gasteiger partial charge in [0.1, 0.15) is 0 Å². The number of urea groups is 1. The Morgan fingerprint density at radius 1 is 1.19 bits per heavy atom. The Labute approximate surface area is 93.8 Å². The van der Waals surface area contributed by atoms with Crippen molar-refractivity contribution in [1.29, 1.82) is 0 Å². The third-order valence-electron chi connectivity index (χ3n) is 2.74. The van der Waals surface area contributed by atoms with Gasteiger partial charge in [-0.25, -0.2) is 4.79 Å². The Morgan fingerprint density at radius 2 is 1.81 bits per heavy atom. The molecule has 0 aromatic heterocycles. The molecule has 1 aromatic carbocycles. The lowest BCUT2D eigenvalue weighted by Crippen LogP contribution is -2.29. The predicted molar refractivity (Wildman–Crippen MR) is 61.0 cm³/mol. The molecule has 0 N–H and O–H groups in total. The highest BCUT2D eigenvalue weighted by Crippen LogP contribution is 2.22. The summed E-state index contributed by atoms with van der Waals surface area (Å²) in [7, 11) is 3.23. The van der Waals surface area contributed by atoms with Gasteiger partial charge in [-0.1, -0.05) is 0 Å². The van der Waals surface area contributed by atoms with E-state index in [2.05, 4.69) is 0 Å². The molecule has 2 rings (SSSR count). The van der Waals surface area contributed by atoms with Crippen LogP contribution in [-0.4, -0.2) is 42.9 Å². The molecule has 0 bridgehead atoms. The smallest absolute Gasteiger partial charge is 0.324 e. The van der Waals surface area contributed by atoms with Gasteiger partial charge in [0.05, 0.1) is 0 Å². The van der Waals surface area contributed by atoms with E-state index in [4.69, 9.17) is 0 Å². The molecule has 0 aliphatic carbocycles. The van der Waals surface area contributed by atoms with E-state index >= 15 is 0 Å². The van der Waals surface area contributed by atoms with Gasteiger partial charge in [0.15, 0.2) is 7.05 Å². The summed E-state index contributed by atoms with van der Waals surface area (Å²) in [6, 6.07) is 7.02. The molecule has 1 aliphatic rings. The molecular formula is C11H14N3O2+. The summed E-state index contributed by atoms with van der Waals surface area (Å²) in [6.45, 7) is 1.43. The number of amides is 2. The van der Waals surface area contributed by atoms with Gasteiger partial charge in [-0.2, -0.15) is 0 Å². The molecule has 1 fully saturated rings. The van der Waals surface area contributed by atoms with Gasteiger partial charge in [-0.05, 0) is 12.1 Å². The van der Waals surface area contributed by atoms with Crippen molar-refractivity contribution >= 4 is 17.4 Å². The number of carbonyl (C=O) groups excluding carboxylic acids is 1. The zero-order valence-corrected chi connectivity index (χ0v) is 9.38. The highest BCUT2D eigenvalue weighted by atomic mass is 16.3. The summed E-state index contributed by atoms with van der Waals surface area (Å²) >= 11 is 0. The SMILES string of the molecule is CN1CCN(c2ccc([N+](C)=O)cc2)C1=O. The van der Waals surface area contributed by atoms with Gasteiger partial charge >= 0.3 is 6.03 Å². The van der Waals surface area contributed by atoms with Gasteiger partial charge in [-0.15, -0.1) is 0 Å². The van der Waals surface area contributed by atoms with Crippen LogP contribution in [0.25, 0.3) is 0 Å². The molecule has 1 aliphatic heterocycles. The van der Waals surface area contributed by atoms with E-state index in [1.54, 1.807) is 41.1 Å². The molecular weight excluding hydrogens is 206 g/mol. The Morgan fingerprint density at radius 3 is 2.25 bits per heavy atom. The lowest BCUT2D eigenvalue weighted by atomic mass is 10.2. The van der Waals surface area contributed by atoms with E-state index in [1.807, 2.05) is 0 Å². The summed E-state index contributed by atoms with van der Waals surface area (Å²) in [6.07, 6.45) is 0. The summed E-state index contributed by atoms with van der Waals surface area (Å²) in [5.74, 6) is 0. The van der Waals surface area contributed by atoms with Crippen LogP contribution < -0.4 is 4.90 Å². The minimum absolute atomic E-state index is 0.00299. The van der Waals surface area contributed by atoms with Crippen LogP contribution in [-0.2, 0) is 0 Å². The van der Waals surface area contributed by atoms with Crippen molar-refractivity contribution in [2.24, 2.45) is 0 Å². The minimum atomic E-state index is 0.00299. The van der Waals surface area contributed by atoms with E-state index in [9.17, 15) is 9.70 Å². The number of anilines is 1. The molecule has 0 saturated carbocycles. The second-order valence-electron chi connectivity index (χ2n) is 3.87. The zero-order valence-electron chi connectivity index (χ0n) is 9.38. The monoisotopic (exact) mass is 220 g/mol. The van der Waals surface area contributed by atoms with Crippen molar-refractivity contribution in [2.45, 2.75) is 0 Å². The largest absolute Gasteiger partial charge is 0.326 e. The minimum Gasteiger partial charge on any atom is -0.326 e. The first-order chi connectivity index (χ1) is 7.59. The average Bonchev–Trinajstić information content (AvgIpc) is 2.60. The topological polar surface area (TPSA) is 43.6 Å². The summed E-state index contributed by atoms with van der Waals surface area (Å²) in [5, 5.41) is 0. The van der Waals surface area contributed by atoms with Crippen LogP contribution in [0.4, 0.5) is 16.2 Å². The standard InChI is InChI=1S/C11H14N3O2/c1-12-7-8-14(11(12)15)10-5-3-9(4-6-10)13(2)16/h3-6H,7-8H2,1-2H3/q+1. The summed E-state index contributed by atoms with van der Waals surface area (Å²) in [5.41, 5.74) is 1.42. The highest BCUT2D eigenvalue weighted by Gasteiger charge is 2.26. The first kappa shape index (κ1) is 10.6. The van der Waals surface area contributed by atoms with Gasteiger partial charge in [0.2, 0.25) is 0 Å². The quantitative estimate of drug-likeness (QED) is 0.710. The van der Waals surface area contributed by atoms with Crippen LogP contribution in [0.15, 0.2) is 24.3 Å². The number of carbonyl (C=O) groups is 1. The van der Waals surface area contributed by atoms with Crippen LogP contribution in [0, 0.1) is 4.91 Å². The fourth-order valence-electron chi connectivity index (χ4n) is 1.73. The number of hydrogen-bond donors (Lipinski definition) is 0. The summed E-state index contributed by atoms with van der Waals surface area (Å²) in [4.78, 5) is 26.1. The molecule has 84 valence electrons. The van der Waals surface area contributed by atoms with E-state index in [0.29, 0.717) is 12.2 Å². The number of rotatable bonds is 2. The second-order valence-corrected chi connectivity index (χ2v) is 3.87. The van der Waals surface area contributed by atoms with Crippen molar-refractivity contribution in [3.05, 3.63) is 29.2 Å². The second kappa shape index (κ2) is 3.92. The number of likely N-dealkylation sites (N-methyl/N-ethyl adjacent to an activating group) is 1. The van der Waals surface area contributed by atoms with Gasteiger partial charge in [0.25, 0.3) is 5.69 Å². The van der Waals surface area contributed by atoms with Crippen LogP contribution in [0.2, 0.25) is 0 Å². The molecule has 16 heavy (non-hydrogen) atoms. The van der Waals surface area contributed by atoms with Crippen molar-refractivity contribution in [3.63, 3.8) is 0 Å². The van der Waals surface area contributed by atoms with E-state index in [0.717, 1.165) is 17.0 Å². The third kappa shape index (κ3) is 1.76. The normalized spacial score (nSPS) is 15.8. The fraction of sp³-hybridized carbons (Fsp3) is 0.364. The fourth-order valence-corrected chi connectivity index (χ4v) is 1.73. The molecule has 5 heteroatoms. The molecule has 1 heterocycles. The van der Waals surface area contributed by atoms with Crippen molar-refractivity contribution in [2.75, 3.05) is 32.1 Å². The molecule has 0 atom stereocenters. The van der Waals surface area contributed by atoms with Gasteiger partial charge < -0.3 is 4.90 Å². The number of benzene rings is 1. The Bertz CT molecular complexity index is 427. The number of hydrogen-bond acceptors (Lipinski definition) is 2. The Balaban J connectivity index is 2.22. The van der Waals surface area contributed by atoms with Crippen molar-refractivity contribution < 1.29 is 9.55 Å². The average molecular weight is 220 g/mol. The van der Waals surface area contributed by atoms with E-state index in [-0.39, 0.29) is 6.03 Å². The zero-order chi connectivity index (χ0) is 11.7. The van der Waals surface area contributed by atoms with Crippen LogP contribution in [0.5, 0.6) is 0 Å². The molecule has 0 radical (unpaired) electrons. The van der Waals surface area contributed by atoms with Crippen LogP contribution >= 0.6 is 0 Å². The van der Waals surface area contributed by atoms with E-state index < -0.39 is 0 Å². The lowest BCUT2D eigenvalue weighted by molar-refractivity contribution is -0.428. The first-order valence-corrected chi connectivity index (χ1v) is 5.13. The van der Waals surface area contributed by atoms with Crippen LogP contribution in [0.1, 0.15) is 0 Å². The lowest BCUT2D eigenvalue weighted by Gasteiger charge is -2.15. The molecule has 2 amide bonds.